The van der Waals surface area contributed by atoms with Crippen LogP contribution in [0.1, 0.15) is 17.5 Å². The van der Waals surface area contributed by atoms with Crippen LogP contribution in [0.2, 0.25) is 0 Å². The van der Waals surface area contributed by atoms with Gasteiger partial charge in [-0.25, -0.2) is 4.79 Å². The fourth-order valence-electron chi connectivity index (χ4n) is 3.44. The SMILES string of the molecule is COc1ccccc1NC(=O)COc1ccc2c3c(c(=O)oc2c1)CCC3. The Balaban J connectivity index is 1.48. The molecular weight excluding hydrogens is 346 g/mol. The zero-order valence-corrected chi connectivity index (χ0v) is 14.9. The summed E-state index contributed by atoms with van der Waals surface area (Å²) in [5.41, 5.74) is 2.65. The van der Waals surface area contributed by atoms with Crippen LogP contribution < -0.4 is 20.4 Å². The molecule has 6 nitrogen and oxygen atoms in total. The molecule has 1 aliphatic carbocycles. The molecule has 6 heteroatoms. The fraction of sp³-hybridized carbons (Fsp3) is 0.238. The smallest absolute Gasteiger partial charge is 0.339 e. The van der Waals surface area contributed by atoms with E-state index in [-0.39, 0.29) is 18.1 Å². The second-order valence-corrected chi connectivity index (χ2v) is 6.40. The van der Waals surface area contributed by atoms with Gasteiger partial charge in [0.25, 0.3) is 5.91 Å². The number of para-hydroxylation sites is 2. The van der Waals surface area contributed by atoms with E-state index in [1.54, 1.807) is 31.4 Å². The Kier molecular flexibility index (Phi) is 4.54. The number of fused-ring (bicyclic) bond motifs is 3. The Morgan fingerprint density at radius 1 is 1.15 bits per heavy atom. The van der Waals surface area contributed by atoms with Gasteiger partial charge in [-0.2, -0.15) is 0 Å². The van der Waals surface area contributed by atoms with Gasteiger partial charge in [-0.05, 0) is 49.1 Å². The van der Waals surface area contributed by atoms with Crippen molar-refractivity contribution in [2.75, 3.05) is 19.0 Å². The molecule has 0 saturated heterocycles. The highest BCUT2D eigenvalue weighted by Gasteiger charge is 2.19. The van der Waals surface area contributed by atoms with Gasteiger partial charge in [0.2, 0.25) is 0 Å². The molecule has 2 aromatic carbocycles. The van der Waals surface area contributed by atoms with E-state index < -0.39 is 0 Å². The molecule has 3 aromatic rings. The third-order valence-electron chi connectivity index (χ3n) is 4.70. The fourth-order valence-corrected chi connectivity index (χ4v) is 3.44. The molecule has 1 amide bonds. The molecule has 138 valence electrons. The number of anilines is 1. The van der Waals surface area contributed by atoms with Gasteiger partial charge in [0.1, 0.15) is 17.1 Å². The van der Waals surface area contributed by atoms with Crippen molar-refractivity contribution >= 4 is 22.6 Å². The molecule has 0 aliphatic heterocycles. The van der Waals surface area contributed by atoms with E-state index in [0.29, 0.717) is 22.8 Å². The molecule has 4 rings (SSSR count). The number of carbonyl (C=O) groups is 1. The van der Waals surface area contributed by atoms with Crippen LogP contribution in [0.3, 0.4) is 0 Å². The number of hydrogen-bond donors (Lipinski definition) is 1. The molecule has 1 N–H and O–H groups in total. The molecule has 0 unspecified atom stereocenters. The first kappa shape index (κ1) is 17.1. The van der Waals surface area contributed by atoms with Crippen molar-refractivity contribution in [3.8, 4) is 11.5 Å². The van der Waals surface area contributed by atoms with Crippen LogP contribution in [-0.4, -0.2) is 19.6 Å². The zero-order chi connectivity index (χ0) is 18.8. The van der Waals surface area contributed by atoms with E-state index >= 15 is 0 Å². The van der Waals surface area contributed by atoms with Crippen LogP contribution >= 0.6 is 0 Å². The second kappa shape index (κ2) is 7.15. The van der Waals surface area contributed by atoms with Crippen molar-refractivity contribution in [3.63, 3.8) is 0 Å². The lowest BCUT2D eigenvalue weighted by atomic mass is 10.1. The molecule has 0 radical (unpaired) electrons. The number of benzene rings is 2. The average Bonchev–Trinajstić information content (AvgIpc) is 3.17. The maximum atomic E-state index is 12.2. The van der Waals surface area contributed by atoms with Crippen LogP contribution in [0.4, 0.5) is 5.69 Å². The lowest BCUT2D eigenvalue weighted by Crippen LogP contribution is -2.20. The molecule has 0 fully saturated rings. The van der Waals surface area contributed by atoms with Gasteiger partial charge in [0, 0.05) is 17.0 Å². The normalized spacial score (nSPS) is 12.6. The minimum Gasteiger partial charge on any atom is -0.495 e. The molecule has 0 atom stereocenters. The average molecular weight is 365 g/mol. The number of amides is 1. The molecular formula is C21H19NO5. The quantitative estimate of drug-likeness (QED) is 0.702. The Morgan fingerprint density at radius 2 is 1.96 bits per heavy atom. The van der Waals surface area contributed by atoms with Crippen molar-refractivity contribution in [2.24, 2.45) is 0 Å². The second-order valence-electron chi connectivity index (χ2n) is 6.40. The summed E-state index contributed by atoms with van der Waals surface area (Å²) in [4.78, 5) is 24.2. The number of aryl methyl sites for hydroxylation is 1. The molecule has 0 spiro atoms. The molecule has 27 heavy (non-hydrogen) atoms. The van der Waals surface area contributed by atoms with Gasteiger partial charge in [-0.1, -0.05) is 12.1 Å². The largest absolute Gasteiger partial charge is 0.495 e. The number of methoxy groups -OCH3 is 1. The van der Waals surface area contributed by atoms with Gasteiger partial charge in [-0.3, -0.25) is 4.79 Å². The van der Waals surface area contributed by atoms with Crippen LogP contribution in [0, 0.1) is 0 Å². The minimum atomic E-state index is -0.310. The van der Waals surface area contributed by atoms with E-state index in [1.807, 2.05) is 18.2 Å². The van der Waals surface area contributed by atoms with Crippen molar-refractivity contribution in [1.29, 1.82) is 0 Å². The highest BCUT2D eigenvalue weighted by molar-refractivity contribution is 5.93. The Labute approximate surface area is 155 Å². The number of carbonyl (C=O) groups excluding carboxylic acids is 1. The van der Waals surface area contributed by atoms with Crippen molar-refractivity contribution in [3.05, 3.63) is 64.0 Å². The molecule has 1 heterocycles. The third kappa shape index (κ3) is 3.38. The van der Waals surface area contributed by atoms with E-state index in [2.05, 4.69) is 5.32 Å². The number of hydrogen-bond acceptors (Lipinski definition) is 5. The summed E-state index contributed by atoms with van der Waals surface area (Å²) in [5.74, 6) is 0.737. The number of nitrogens with one attached hydrogen (secondary N) is 1. The van der Waals surface area contributed by atoms with E-state index in [1.165, 1.54) is 0 Å². The molecule has 1 aromatic heterocycles. The first-order valence-corrected chi connectivity index (χ1v) is 8.80. The minimum absolute atomic E-state index is 0.168. The Hall–Kier alpha value is -3.28. The Morgan fingerprint density at radius 3 is 2.81 bits per heavy atom. The van der Waals surface area contributed by atoms with Crippen molar-refractivity contribution in [1.82, 2.24) is 0 Å². The number of ether oxygens (including phenoxy) is 2. The monoisotopic (exact) mass is 365 g/mol. The first-order valence-electron chi connectivity index (χ1n) is 8.80. The highest BCUT2D eigenvalue weighted by atomic mass is 16.5. The first-order chi connectivity index (χ1) is 13.2. The Bertz CT molecular complexity index is 1070. The summed E-state index contributed by atoms with van der Waals surface area (Å²) in [7, 11) is 1.54. The summed E-state index contributed by atoms with van der Waals surface area (Å²) in [6.07, 6.45) is 2.63. The van der Waals surface area contributed by atoms with Crippen LogP contribution in [0.5, 0.6) is 11.5 Å². The molecule has 1 aliphatic rings. The van der Waals surface area contributed by atoms with Gasteiger partial charge < -0.3 is 19.2 Å². The summed E-state index contributed by atoms with van der Waals surface area (Å²) < 4.78 is 16.2. The van der Waals surface area contributed by atoms with Crippen molar-refractivity contribution in [2.45, 2.75) is 19.3 Å². The van der Waals surface area contributed by atoms with Gasteiger partial charge >= 0.3 is 5.63 Å². The molecule has 0 saturated carbocycles. The summed E-state index contributed by atoms with van der Waals surface area (Å²) in [6, 6.07) is 12.5. The van der Waals surface area contributed by atoms with Crippen LogP contribution in [0.25, 0.3) is 11.0 Å². The highest BCUT2D eigenvalue weighted by Crippen LogP contribution is 2.29. The number of rotatable bonds is 5. The van der Waals surface area contributed by atoms with Crippen LogP contribution in [0.15, 0.2) is 51.7 Å². The maximum absolute atomic E-state index is 12.2. The third-order valence-corrected chi connectivity index (χ3v) is 4.70. The lowest BCUT2D eigenvalue weighted by Gasteiger charge is -2.11. The van der Waals surface area contributed by atoms with Gasteiger partial charge in [-0.15, -0.1) is 0 Å². The summed E-state index contributed by atoms with van der Waals surface area (Å²) >= 11 is 0. The lowest BCUT2D eigenvalue weighted by molar-refractivity contribution is -0.118. The van der Waals surface area contributed by atoms with Gasteiger partial charge in [0.05, 0.1) is 12.8 Å². The predicted molar refractivity (Wildman–Crippen MR) is 102 cm³/mol. The predicted octanol–water partition coefficient (Wildman–Crippen LogP) is 3.31. The maximum Gasteiger partial charge on any atom is 0.339 e. The van der Waals surface area contributed by atoms with Gasteiger partial charge in [0.15, 0.2) is 6.61 Å². The van der Waals surface area contributed by atoms with E-state index in [9.17, 15) is 9.59 Å². The summed E-state index contributed by atoms with van der Waals surface area (Å²) in [5, 5.41) is 3.69. The van der Waals surface area contributed by atoms with E-state index in [4.69, 9.17) is 13.9 Å². The molecule has 0 bridgehead atoms. The zero-order valence-electron chi connectivity index (χ0n) is 14.9. The standard InChI is InChI=1S/C21H19NO5/c1-25-18-8-3-2-7-17(18)22-20(23)12-26-13-9-10-15-14-5-4-6-16(14)21(24)27-19(15)11-13/h2-3,7-11H,4-6,12H2,1H3,(H,22,23). The van der Waals surface area contributed by atoms with Crippen LogP contribution in [-0.2, 0) is 17.6 Å². The topological polar surface area (TPSA) is 77.8 Å². The van der Waals surface area contributed by atoms with Crippen molar-refractivity contribution < 1.29 is 18.7 Å². The summed E-state index contributed by atoms with van der Waals surface area (Å²) in [6.45, 7) is -0.168. The van der Waals surface area contributed by atoms with E-state index in [0.717, 1.165) is 35.8 Å².